The second-order valence-corrected chi connectivity index (χ2v) is 4.49. The van der Waals surface area contributed by atoms with E-state index in [0.29, 0.717) is 11.5 Å². The van der Waals surface area contributed by atoms with Crippen molar-refractivity contribution >= 4 is 5.69 Å². The van der Waals surface area contributed by atoms with Gasteiger partial charge >= 0.3 is 0 Å². The Morgan fingerprint density at radius 2 is 2.05 bits per heavy atom. The molecule has 2 aromatic rings. The van der Waals surface area contributed by atoms with Crippen LogP contribution in [0.3, 0.4) is 0 Å². The summed E-state index contributed by atoms with van der Waals surface area (Å²) in [4.78, 5) is 10.3. The third-order valence-electron chi connectivity index (χ3n) is 2.89. The first-order chi connectivity index (χ1) is 9.60. The van der Waals surface area contributed by atoms with E-state index in [4.69, 9.17) is 4.74 Å². The molecule has 20 heavy (non-hydrogen) atoms. The minimum Gasteiger partial charge on any atom is -0.457 e. The lowest BCUT2D eigenvalue weighted by atomic mass is 10.1. The summed E-state index contributed by atoms with van der Waals surface area (Å²) in [6.45, 7) is 2.68. The molecule has 0 heterocycles. The van der Waals surface area contributed by atoms with E-state index in [-0.39, 0.29) is 5.69 Å². The third kappa shape index (κ3) is 3.33. The summed E-state index contributed by atoms with van der Waals surface area (Å²) >= 11 is 0. The number of nitro groups is 1. The Hall–Kier alpha value is -2.40. The normalized spacial score (nSPS) is 10.3. The molecule has 2 rings (SSSR count). The van der Waals surface area contributed by atoms with Crippen LogP contribution >= 0.6 is 0 Å². The van der Waals surface area contributed by atoms with E-state index in [1.54, 1.807) is 12.1 Å². The molecule has 0 aliphatic heterocycles. The fourth-order valence-electron chi connectivity index (χ4n) is 1.86. The summed E-state index contributed by atoms with van der Waals surface area (Å²) < 4.78 is 5.75. The summed E-state index contributed by atoms with van der Waals surface area (Å²) in [5.74, 6) is 1.17. The van der Waals surface area contributed by atoms with Gasteiger partial charge in [-0.25, -0.2) is 0 Å². The Balaban J connectivity index is 2.27. The fraction of sp³-hybridized carbons (Fsp3) is 0.200. The number of nitrogens with one attached hydrogen (secondary N) is 1. The number of hydrogen-bond acceptors (Lipinski definition) is 4. The highest BCUT2D eigenvalue weighted by molar-refractivity contribution is 5.43. The Morgan fingerprint density at radius 3 is 2.75 bits per heavy atom. The first-order valence-corrected chi connectivity index (χ1v) is 6.26. The predicted octanol–water partition coefficient (Wildman–Crippen LogP) is 3.41. The highest BCUT2D eigenvalue weighted by Gasteiger charge is 2.08. The summed E-state index contributed by atoms with van der Waals surface area (Å²) in [6, 6.07) is 12.1. The lowest BCUT2D eigenvalue weighted by molar-refractivity contribution is -0.384. The molecule has 0 saturated carbocycles. The summed E-state index contributed by atoms with van der Waals surface area (Å²) in [5.41, 5.74) is 2.10. The minimum absolute atomic E-state index is 0.0199. The van der Waals surface area contributed by atoms with Crippen molar-refractivity contribution < 1.29 is 9.66 Å². The zero-order valence-electron chi connectivity index (χ0n) is 11.4. The van der Waals surface area contributed by atoms with E-state index in [2.05, 4.69) is 5.32 Å². The van der Waals surface area contributed by atoms with Crippen LogP contribution in [0.25, 0.3) is 0 Å². The molecule has 5 nitrogen and oxygen atoms in total. The summed E-state index contributed by atoms with van der Waals surface area (Å²) in [6.07, 6.45) is 0. The first kappa shape index (κ1) is 14.0. The number of ether oxygens (including phenoxy) is 1. The average molecular weight is 272 g/mol. The maximum Gasteiger partial charge on any atom is 0.273 e. The van der Waals surface area contributed by atoms with Crippen molar-refractivity contribution in [2.45, 2.75) is 13.5 Å². The second-order valence-electron chi connectivity index (χ2n) is 4.49. The molecule has 0 fully saturated rings. The molecule has 0 aromatic heterocycles. The molecule has 5 heteroatoms. The molecule has 0 unspecified atom stereocenters. The van der Waals surface area contributed by atoms with Crippen molar-refractivity contribution in [2.75, 3.05) is 7.05 Å². The lowest BCUT2D eigenvalue weighted by Crippen LogP contribution is -2.05. The summed E-state index contributed by atoms with van der Waals surface area (Å²) in [5, 5.41) is 13.8. The standard InChI is InChI=1S/C15H16N2O3/c1-11-6-7-12(10-16-2)8-15(11)20-14-5-3-4-13(9-14)17(18)19/h3-9,16H,10H2,1-2H3. The zero-order valence-corrected chi connectivity index (χ0v) is 11.4. The molecule has 0 spiro atoms. The Kier molecular flexibility index (Phi) is 4.32. The quantitative estimate of drug-likeness (QED) is 0.669. The molecule has 0 atom stereocenters. The van der Waals surface area contributed by atoms with Crippen LogP contribution in [-0.4, -0.2) is 12.0 Å². The Morgan fingerprint density at radius 1 is 1.25 bits per heavy atom. The van der Waals surface area contributed by atoms with Crippen molar-refractivity contribution in [1.29, 1.82) is 0 Å². The lowest BCUT2D eigenvalue weighted by Gasteiger charge is -2.10. The van der Waals surface area contributed by atoms with Gasteiger partial charge in [-0.15, -0.1) is 0 Å². The van der Waals surface area contributed by atoms with Gasteiger partial charge in [-0.2, -0.15) is 0 Å². The van der Waals surface area contributed by atoms with Crippen LogP contribution in [0.5, 0.6) is 11.5 Å². The van der Waals surface area contributed by atoms with E-state index in [9.17, 15) is 10.1 Å². The van der Waals surface area contributed by atoms with Gasteiger partial charge in [0.25, 0.3) is 5.69 Å². The van der Waals surface area contributed by atoms with Crippen LogP contribution in [0.15, 0.2) is 42.5 Å². The fourth-order valence-corrected chi connectivity index (χ4v) is 1.86. The number of aryl methyl sites for hydroxylation is 1. The average Bonchev–Trinajstić information content (AvgIpc) is 2.43. The van der Waals surface area contributed by atoms with Crippen LogP contribution in [0.4, 0.5) is 5.69 Å². The van der Waals surface area contributed by atoms with Crippen LogP contribution in [0.1, 0.15) is 11.1 Å². The van der Waals surface area contributed by atoms with Gasteiger partial charge in [-0.05, 0) is 37.2 Å². The molecule has 0 amide bonds. The molecule has 0 saturated heterocycles. The van der Waals surface area contributed by atoms with Crippen molar-refractivity contribution in [3.8, 4) is 11.5 Å². The highest BCUT2D eigenvalue weighted by atomic mass is 16.6. The number of non-ortho nitro benzene ring substituents is 1. The van der Waals surface area contributed by atoms with E-state index in [0.717, 1.165) is 17.7 Å². The van der Waals surface area contributed by atoms with Gasteiger partial charge in [0.15, 0.2) is 0 Å². The minimum atomic E-state index is -0.433. The maximum absolute atomic E-state index is 10.8. The molecule has 0 aliphatic carbocycles. The number of nitro benzene ring substituents is 1. The van der Waals surface area contributed by atoms with Crippen LogP contribution in [0.2, 0.25) is 0 Å². The van der Waals surface area contributed by atoms with E-state index < -0.39 is 4.92 Å². The van der Waals surface area contributed by atoms with Crippen molar-refractivity contribution in [3.63, 3.8) is 0 Å². The molecule has 0 radical (unpaired) electrons. The van der Waals surface area contributed by atoms with Crippen LogP contribution in [0, 0.1) is 17.0 Å². The maximum atomic E-state index is 10.8. The number of rotatable bonds is 5. The van der Waals surface area contributed by atoms with E-state index in [1.165, 1.54) is 12.1 Å². The van der Waals surface area contributed by atoms with E-state index >= 15 is 0 Å². The van der Waals surface area contributed by atoms with Gasteiger partial charge in [0.2, 0.25) is 0 Å². The highest BCUT2D eigenvalue weighted by Crippen LogP contribution is 2.28. The van der Waals surface area contributed by atoms with Gasteiger partial charge in [-0.1, -0.05) is 18.2 Å². The van der Waals surface area contributed by atoms with E-state index in [1.807, 2.05) is 32.2 Å². The van der Waals surface area contributed by atoms with Crippen molar-refractivity contribution in [2.24, 2.45) is 0 Å². The molecule has 0 aliphatic rings. The van der Waals surface area contributed by atoms with Crippen molar-refractivity contribution in [1.82, 2.24) is 5.32 Å². The molecule has 0 bridgehead atoms. The largest absolute Gasteiger partial charge is 0.457 e. The topological polar surface area (TPSA) is 64.4 Å². The molecular weight excluding hydrogens is 256 g/mol. The molecular formula is C15H16N2O3. The Bertz CT molecular complexity index is 626. The SMILES string of the molecule is CNCc1ccc(C)c(Oc2cccc([N+](=O)[O-])c2)c1. The van der Waals surface area contributed by atoms with Crippen molar-refractivity contribution in [3.05, 3.63) is 63.7 Å². The first-order valence-electron chi connectivity index (χ1n) is 6.26. The smallest absolute Gasteiger partial charge is 0.273 e. The summed E-state index contributed by atoms with van der Waals surface area (Å²) in [7, 11) is 1.88. The zero-order chi connectivity index (χ0) is 14.5. The van der Waals surface area contributed by atoms with Gasteiger partial charge in [0.1, 0.15) is 11.5 Å². The van der Waals surface area contributed by atoms with Gasteiger partial charge in [0, 0.05) is 12.6 Å². The number of benzene rings is 2. The Labute approximate surface area is 117 Å². The predicted molar refractivity (Wildman–Crippen MR) is 77.1 cm³/mol. The van der Waals surface area contributed by atoms with Crippen LogP contribution < -0.4 is 10.1 Å². The van der Waals surface area contributed by atoms with Gasteiger partial charge < -0.3 is 10.1 Å². The molecule has 2 aromatic carbocycles. The third-order valence-corrected chi connectivity index (χ3v) is 2.89. The molecule has 1 N–H and O–H groups in total. The number of nitrogens with zero attached hydrogens (tertiary/aromatic N) is 1. The molecule has 104 valence electrons. The van der Waals surface area contributed by atoms with Gasteiger partial charge in [0.05, 0.1) is 11.0 Å². The monoisotopic (exact) mass is 272 g/mol. The second kappa shape index (κ2) is 6.16. The number of hydrogen-bond donors (Lipinski definition) is 1. The van der Waals surface area contributed by atoms with Gasteiger partial charge in [-0.3, -0.25) is 10.1 Å². The van der Waals surface area contributed by atoms with Crippen LogP contribution in [-0.2, 0) is 6.54 Å².